The highest BCUT2D eigenvalue weighted by molar-refractivity contribution is 7.80. The van der Waals surface area contributed by atoms with E-state index in [1.165, 1.54) is 5.56 Å². The van der Waals surface area contributed by atoms with Crippen LogP contribution in [0, 0.1) is 0 Å². The number of hydrogen-bond acceptors (Lipinski definition) is 2. The molecular weight excluding hydrogens is 354 g/mol. The van der Waals surface area contributed by atoms with E-state index in [0.717, 1.165) is 54.3 Å². The number of nitrogens with one attached hydrogen (secondary N) is 2. The van der Waals surface area contributed by atoms with Crippen LogP contribution < -0.4 is 15.0 Å². The number of ether oxygens (including phenoxy) is 1. The van der Waals surface area contributed by atoms with Crippen molar-refractivity contribution in [2.45, 2.75) is 6.54 Å². The van der Waals surface area contributed by atoms with Gasteiger partial charge in [0.25, 0.3) is 0 Å². The minimum atomic E-state index is 0.729. The molecule has 1 heterocycles. The summed E-state index contributed by atoms with van der Waals surface area (Å²) in [6.45, 7) is 5.12. The van der Waals surface area contributed by atoms with Gasteiger partial charge < -0.3 is 19.9 Å². The number of methoxy groups -OCH3 is 1. The molecule has 1 saturated heterocycles. The molecule has 2 aromatic carbocycles. The molecule has 1 aliphatic rings. The zero-order chi connectivity index (χ0) is 17.6. The van der Waals surface area contributed by atoms with E-state index >= 15 is 0 Å². The first-order chi connectivity index (χ1) is 12.1. The summed E-state index contributed by atoms with van der Waals surface area (Å²) in [4.78, 5) is 3.82. The highest BCUT2D eigenvalue weighted by atomic mass is 35.5. The Morgan fingerprint density at radius 3 is 2.36 bits per heavy atom. The first-order valence-corrected chi connectivity index (χ1v) is 9.20. The van der Waals surface area contributed by atoms with Gasteiger partial charge in [-0.2, -0.15) is 0 Å². The number of quaternary nitrogens is 1. The molecule has 4 nitrogen and oxygen atoms in total. The maximum absolute atomic E-state index is 5.92. The molecule has 3 rings (SSSR count). The zero-order valence-electron chi connectivity index (χ0n) is 14.3. The van der Waals surface area contributed by atoms with Gasteiger partial charge in [0.05, 0.1) is 33.3 Å². The van der Waals surface area contributed by atoms with Gasteiger partial charge in [0.15, 0.2) is 5.11 Å². The number of thiocarbonyl (C=S) groups is 1. The molecule has 25 heavy (non-hydrogen) atoms. The number of rotatable bonds is 4. The van der Waals surface area contributed by atoms with E-state index in [4.69, 9.17) is 28.6 Å². The Bertz CT molecular complexity index is 698. The predicted octanol–water partition coefficient (Wildman–Crippen LogP) is 2.45. The number of nitrogens with zero attached hydrogens (tertiary/aromatic N) is 1. The third-order valence-corrected chi connectivity index (χ3v) is 5.08. The Kier molecular flexibility index (Phi) is 6.13. The largest absolute Gasteiger partial charge is 0.497 e. The summed E-state index contributed by atoms with van der Waals surface area (Å²) in [5.41, 5.74) is 2.31. The molecule has 0 spiro atoms. The van der Waals surface area contributed by atoms with Crippen LogP contribution in [0.2, 0.25) is 5.02 Å². The van der Waals surface area contributed by atoms with Crippen LogP contribution in [0.4, 0.5) is 5.69 Å². The number of hydrogen-bond donors (Lipinski definition) is 2. The van der Waals surface area contributed by atoms with E-state index in [-0.39, 0.29) is 0 Å². The van der Waals surface area contributed by atoms with Gasteiger partial charge in [-0.1, -0.05) is 11.6 Å². The molecule has 1 aliphatic heterocycles. The first kappa shape index (κ1) is 18.0. The standard InChI is InChI=1S/C19H22ClN3OS/c1-24-18-8-2-15(3-9-18)14-22-10-12-23(13-11-22)19(25)21-17-6-4-16(20)5-7-17/h2-9H,10-14H2,1H3,(H,21,25)/p+1. The summed E-state index contributed by atoms with van der Waals surface area (Å²) in [5, 5.41) is 4.80. The van der Waals surface area contributed by atoms with Crippen LogP contribution in [0.15, 0.2) is 48.5 Å². The molecule has 0 unspecified atom stereocenters. The van der Waals surface area contributed by atoms with Crippen LogP contribution in [0.1, 0.15) is 5.56 Å². The van der Waals surface area contributed by atoms with Crippen molar-refractivity contribution in [1.29, 1.82) is 0 Å². The van der Waals surface area contributed by atoms with Gasteiger partial charge >= 0.3 is 0 Å². The van der Waals surface area contributed by atoms with Crippen molar-refractivity contribution in [2.24, 2.45) is 0 Å². The van der Waals surface area contributed by atoms with E-state index in [0.29, 0.717) is 0 Å². The number of halogens is 1. The van der Waals surface area contributed by atoms with E-state index in [9.17, 15) is 0 Å². The average molecular weight is 377 g/mol. The lowest BCUT2D eigenvalue weighted by atomic mass is 10.2. The van der Waals surface area contributed by atoms with Crippen LogP contribution in [-0.2, 0) is 6.54 Å². The summed E-state index contributed by atoms with van der Waals surface area (Å²) in [6, 6.07) is 16.0. The fourth-order valence-corrected chi connectivity index (χ4v) is 3.40. The molecule has 6 heteroatoms. The Morgan fingerprint density at radius 2 is 1.76 bits per heavy atom. The lowest BCUT2D eigenvalue weighted by Crippen LogP contribution is -3.13. The van der Waals surface area contributed by atoms with Crippen molar-refractivity contribution >= 4 is 34.6 Å². The van der Waals surface area contributed by atoms with E-state index in [1.807, 2.05) is 36.4 Å². The third-order valence-electron chi connectivity index (χ3n) is 4.47. The molecule has 132 valence electrons. The highest BCUT2D eigenvalue weighted by Gasteiger charge is 2.21. The van der Waals surface area contributed by atoms with Crippen molar-refractivity contribution in [3.8, 4) is 5.75 Å². The molecule has 2 N–H and O–H groups in total. The fraction of sp³-hybridized carbons (Fsp3) is 0.316. The SMILES string of the molecule is COc1ccc(C[NH+]2CCN(C(=S)Nc3ccc(Cl)cc3)CC2)cc1. The predicted molar refractivity (Wildman–Crippen MR) is 107 cm³/mol. The van der Waals surface area contributed by atoms with Gasteiger partial charge in [0.1, 0.15) is 12.3 Å². The number of benzene rings is 2. The smallest absolute Gasteiger partial charge is 0.173 e. The van der Waals surface area contributed by atoms with Crippen molar-refractivity contribution in [3.05, 3.63) is 59.1 Å². The maximum Gasteiger partial charge on any atom is 0.173 e. The van der Waals surface area contributed by atoms with Gasteiger partial charge in [0.2, 0.25) is 0 Å². The summed E-state index contributed by atoms with van der Waals surface area (Å²) < 4.78 is 5.21. The van der Waals surface area contributed by atoms with Gasteiger partial charge in [-0.15, -0.1) is 0 Å². The van der Waals surface area contributed by atoms with Crippen LogP contribution in [0.3, 0.4) is 0 Å². The molecular formula is C19H23ClN3OS+. The summed E-state index contributed by atoms with van der Waals surface area (Å²) in [6.07, 6.45) is 0. The van der Waals surface area contributed by atoms with Gasteiger partial charge in [-0.3, -0.25) is 0 Å². The van der Waals surface area contributed by atoms with Crippen LogP contribution in [0.25, 0.3) is 0 Å². The second-order valence-corrected chi connectivity index (χ2v) is 7.02. The van der Waals surface area contributed by atoms with E-state index < -0.39 is 0 Å². The monoisotopic (exact) mass is 376 g/mol. The maximum atomic E-state index is 5.92. The quantitative estimate of drug-likeness (QED) is 0.802. The highest BCUT2D eigenvalue weighted by Crippen LogP contribution is 2.14. The van der Waals surface area contributed by atoms with E-state index in [2.05, 4.69) is 22.3 Å². The molecule has 2 aromatic rings. The van der Waals surface area contributed by atoms with Gasteiger partial charge in [0, 0.05) is 16.3 Å². The Balaban J connectivity index is 1.47. The first-order valence-electron chi connectivity index (χ1n) is 8.42. The van der Waals surface area contributed by atoms with Crippen LogP contribution in [0.5, 0.6) is 5.75 Å². The summed E-state index contributed by atoms with van der Waals surface area (Å²) >= 11 is 11.5. The second kappa shape index (κ2) is 8.52. The Morgan fingerprint density at radius 1 is 1.12 bits per heavy atom. The average Bonchev–Trinajstić information content (AvgIpc) is 2.65. The minimum Gasteiger partial charge on any atom is -0.497 e. The van der Waals surface area contributed by atoms with Crippen molar-refractivity contribution in [1.82, 2.24) is 4.90 Å². The zero-order valence-corrected chi connectivity index (χ0v) is 15.9. The lowest BCUT2D eigenvalue weighted by molar-refractivity contribution is -0.917. The van der Waals surface area contributed by atoms with Crippen molar-refractivity contribution < 1.29 is 9.64 Å². The Labute approximate surface area is 159 Å². The van der Waals surface area contributed by atoms with Gasteiger partial charge in [-0.25, -0.2) is 0 Å². The second-order valence-electron chi connectivity index (χ2n) is 6.20. The molecule has 0 amide bonds. The third kappa shape index (κ3) is 5.08. The molecule has 1 fully saturated rings. The van der Waals surface area contributed by atoms with Crippen LogP contribution in [-0.4, -0.2) is 43.3 Å². The molecule has 0 radical (unpaired) electrons. The molecule has 0 aliphatic carbocycles. The minimum absolute atomic E-state index is 0.729. The topological polar surface area (TPSA) is 28.9 Å². The van der Waals surface area contributed by atoms with E-state index in [1.54, 1.807) is 12.0 Å². The fourth-order valence-electron chi connectivity index (χ4n) is 2.97. The van der Waals surface area contributed by atoms with Gasteiger partial charge in [-0.05, 0) is 60.7 Å². The number of piperazine rings is 1. The number of anilines is 1. The molecule has 0 saturated carbocycles. The summed E-state index contributed by atoms with van der Waals surface area (Å²) in [7, 11) is 1.69. The van der Waals surface area contributed by atoms with Crippen LogP contribution >= 0.6 is 23.8 Å². The molecule has 0 bridgehead atoms. The molecule has 0 atom stereocenters. The molecule has 0 aromatic heterocycles. The Hall–Kier alpha value is -1.82. The van der Waals surface area contributed by atoms with Crippen molar-refractivity contribution in [2.75, 3.05) is 38.6 Å². The lowest BCUT2D eigenvalue weighted by Gasteiger charge is -2.34. The van der Waals surface area contributed by atoms with Crippen molar-refractivity contribution in [3.63, 3.8) is 0 Å². The summed E-state index contributed by atoms with van der Waals surface area (Å²) in [5.74, 6) is 0.905. The normalized spacial score (nSPS) is 15.0.